The number of thiazole rings is 1. The van der Waals surface area contributed by atoms with Crippen LogP contribution >= 0.6 is 35.3 Å². The first-order valence-corrected chi connectivity index (χ1v) is 6.39. The lowest BCUT2D eigenvalue weighted by molar-refractivity contribution is -0.140. The maximum atomic E-state index is 12.3. The summed E-state index contributed by atoms with van der Waals surface area (Å²) < 4.78 is 37.0. The molecule has 0 saturated heterocycles. The van der Waals surface area contributed by atoms with Crippen LogP contribution in [-0.2, 0) is 12.7 Å². The van der Waals surface area contributed by atoms with Crippen molar-refractivity contribution in [2.45, 2.75) is 26.6 Å². The van der Waals surface area contributed by atoms with Gasteiger partial charge in [-0.15, -0.1) is 35.3 Å². The molecule has 0 radical (unpaired) electrons. The number of hydrogen-bond acceptors (Lipinski definition) is 3. The molecule has 0 aliphatic carbocycles. The van der Waals surface area contributed by atoms with Gasteiger partial charge in [0.15, 0.2) is 11.7 Å². The lowest BCUT2D eigenvalue weighted by Crippen LogP contribution is -2.36. The summed E-state index contributed by atoms with van der Waals surface area (Å²) in [5.74, 6) is 0.573. The van der Waals surface area contributed by atoms with Crippen LogP contribution < -0.4 is 10.6 Å². The molecule has 1 rings (SSSR count). The number of guanidine groups is 1. The van der Waals surface area contributed by atoms with E-state index in [-0.39, 0.29) is 30.5 Å². The molecule has 4 nitrogen and oxygen atoms in total. The molecule has 0 aromatic carbocycles. The van der Waals surface area contributed by atoms with Crippen molar-refractivity contribution in [1.82, 2.24) is 15.6 Å². The van der Waals surface area contributed by atoms with Crippen LogP contribution in [0, 0.1) is 0 Å². The van der Waals surface area contributed by atoms with E-state index in [4.69, 9.17) is 0 Å². The predicted molar refractivity (Wildman–Crippen MR) is 81.0 cm³/mol. The Morgan fingerprint density at radius 1 is 1.32 bits per heavy atom. The molecule has 0 fully saturated rings. The highest BCUT2D eigenvalue weighted by molar-refractivity contribution is 14.0. The van der Waals surface area contributed by atoms with Gasteiger partial charge >= 0.3 is 6.18 Å². The average molecular weight is 408 g/mol. The van der Waals surface area contributed by atoms with Crippen LogP contribution in [-0.4, -0.2) is 24.0 Å². The summed E-state index contributed by atoms with van der Waals surface area (Å²) >= 11 is 0.961. The second-order valence-corrected chi connectivity index (χ2v) is 4.29. The molecular formula is C10H16F3IN4S. The molecule has 0 amide bonds. The van der Waals surface area contributed by atoms with Crippen molar-refractivity contribution >= 4 is 41.3 Å². The normalized spacial score (nSPS) is 10.6. The van der Waals surface area contributed by atoms with Gasteiger partial charge in [0.25, 0.3) is 0 Å². The Labute approximate surface area is 130 Å². The van der Waals surface area contributed by atoms with Crippen LogP contribution in [0.1, 0.15) is 24.5 Å². The SMILES string of the molecule is CCNC(=NCc1nc(C(F)(F)F)cs1)NCC.I. The van der Waals surface area contributed by atoms with Crippen molar-refractivity contribution in [2.24, 2.45) is 4.99 Å². The van der Waals surface area contributed by atoms with E-state index in [9.17, 15) is 13.2 Å². The standard InChI is InChI=1S/C10H15F3N4S.HI/c1-3-14-9(15-4-2)16-5-8-17-7(6-18-8)10(11,12)13;/h6H,3-5H2,1-2H3,(H2,14,15,16);1H. The molecule has 0 aliphatic rings. The third-order valence-corrected chi connectivity index (χ3v) is 2.74. The maximum absolute atomic E-state index is 12.3. The molecule has 0 bridgehead atoms. The molecule has 1 heterocycles. The second kappa shape index (κ2) is 8.56. The maximum Gasteiger partial charge on any atom is 0.434 e. The Morgan fingerprint density at radius 3 is 2.32 bits per heavy atom. The summed E-state index contributed by atoms with van der Waals surface area (Å²) in [6, 6.07) is 0. The number of nitrogens with zero attached hydrogens (tertiary/aromatic N) is 2. The van der Waals surface area contributed by atoms with Gasteiger partial charge < -0.3 is 10.6 Å². The number of aliphatic imine (C=N–C) groups is 1. The van der Waals surface area contributed by atoms with E-state index < -0.39 is 11.9 Å². The average Bonchev–Trinajstić information content (AvgIpc) is 2.75. The van der Waals surface area contributed by atoms with E-state index in [0.29, 0.717) is 24.1 Å². The van der Waals surface area contributed by atoms with Crippen LogP contribution in [0.4, 0.5) is 13.2 Å². The zero-order chi connectivity index (χ0) is 13.6. The van der Waals surface area contributed by atoms with E-state index in [2.05, 4.69) is 20.6 Å². The Morgan fingerprint density at radius 2 is 1.89 bits per heavy atom. The molecule has 110 valence electrons. The highest BCUT2D eigenvalue weighted by Crippen LogP contribution is 2.30. The molecule has 2 N–H and O–H groups in total. The van der Waals surface area contributed by atoms with Crippen molar-refractivity contribution < 1.29 is 13.2 Å². The van der Waals surface area contributed by atoms with Gasteiger partial charge in [0, 0.05) is 18.5 Å². The van der Waals surface area contributed by atoms with Gasteiger partial charge in [0.2, 0.25) is 0 Å². The Balaban J connectivity index is 0.00000324. The van der Waals surface area contributed by atoms with Gasteiger partial charge in [0.1, 0.15) is 5.01 Å². The minimum atomic E-state index is -4.38. The van der Waals surface area contributed by atoms with Crippen LogP contribution in [0.15, 0.2) is 10.4 Å². The van der Waals surface area contributed by atoms with Crippen LogP contribution in [0.5, 0.6) is 0 Å². The fourth-order valence-corrected chi connectivity index (χ4v) is 1.89. The zero-order valence-electron chi connectivity index (χ0n) is 10.5. The van der Waals surface area contributed by atoms with Crippen molar-refractivity contribution in [3.05, 3.63) is 16.1 Å². The van der Waals surface area contributed by atoms with Crippen molar-refractivity contribution in [3.8, 4) is 0 Å². The molecule has 1 aromatic heterocycles. The Kier molecular flexibility index (Phi) is 8.30. The van der Waals surface area contributed by atoms with E-state index in [1.807, 2.05) is 13.8 Å². The Bertz CT molecular complexity index is 398. The molecular weight excluding hydrogens is 392 g/mol. The third-order valence-electron chi connectivity index (χ3n) is 1.90. The fraction of sp³-hybridized carbons (Fsp3) is 0.600. The largest absolute Gasteiger partial charge is 0.434 e. The third kappa shape index (κ3) is 6.41. The summed E-state index contributed by atoms with van der Waals surface area (Å²) in [4.78, 5) is 7.65. The minimum absolute atomic E-state index is 0. The first-order valence-electron chi connectivity index (χ1n) is 5.51. The lowest BCUT2D eigenvalue weighted by Gasteiger charge is -2.08. The molecule has 9 heteroatoms. The van der Waals surface area contributed by atoms with Crippen LogP contribution in [0.25, 0.3) is 0 Å². The first kappa shape index (κ1) is 18.4. The van der Waals surface area contributed by atoms with Gasteiger partial charge in [0.05, 0.1) is 6.54 Å². The van der Waals surface area contributed by atoms with Crippen molar-refractivity contribution in [3.63, 3.8) is 0 Å². The molecule has 19 heavy (non-hydrogen) atoms. The zero-order valence-corrected chi connectivity index (χ0v) is 13.7. The number of alkyl halides is 3. The number of aromatic nitrogens is 1. The number of nitrogens with one attached hydrogen (secondary N) is 2. The van der Waals surface area contributed by atoms with Gasteiger partial charge in [-0.1, -0.05) is 0 Å². The summed E-state index contributed by atoms with van der Waals surface area (Å²) in [5, 5.41) is 7.32. The fourth-order valence-electron chi connectivity index (χ4n) is 1.17. The van der Waals surface area contributed by atoms with Gasteiger partial charge in [-0.05, 0) is 13.8 Å². The topological polar surface area (TPSA) is 49.3 Å². The molecule has 0 saturated carbocycles. The first-order chi connectivity index (χ1) is 8.47. The minimum Gasteiger partial charge on any atom is -0.357 e. The van der Waals surface area contributed by atoms with Gasteiger partial charge in [-0.3, -0.25) is 0 Å². The highest BCUT2D eigenvalue weighted by Gasteiger charge is 2.33. The van der Waals surface area contributed by atoms with Gasteiger partial charge in [-0.25, -0.2) is 9.98 Å². The second-order valence-electron chi connectivity index (χ2n) is 3.35. The van der Waals surface area contributed by atoms with E-state index in [1.165, 1.54) is 0 Å². The van der Waals surface area contributed by atoms with Crippen molar-refractivity contribution in [1.29, 1.82) is 0 Å². The number of halogens is 4. The molecule has 1 aromatic rings. The summed E-state index contributed by atoms with van der Waals surface area (Å²) in [6.07, 6.45) is -4.38. The Hall–Kier alpha value is -0.580. The van der Waals surface area contributed by atoms with E-state index in [0.717, 1.165) is 16.7 Å². The monoisotopic (exact) mass is 408 g/mol. The predicted octanol–water partition coefficient (Wildman–Crippen LogP) is 2.85. The smallest absolute Gasteiger partial charge is 0.357 e. The summed E-state index contributed by atoms with van der Waals surface area (Å²) in [5.41, 5.74) is -0.855. The van der Waals surface area contributed by atoms with Crippen LogP contribution in [0.3, 0.4) is 0 Å². The van der Waals surface area contributed by atoms with Crippen LogP contribution in [0.2, 0.25) is 0 Å². The van der Waals surface area contributed by atoms with Gasteiger partial charge in [-0.2, -0.15) is 13.2 Å². The van der Waals surface area contributed by atoms with E-state index in [1.54, 1.807) is 0 Å². The molecule has 0 atom stereocenters. The number of rotatable bonds is 4. The number of hydrogen-bond donors (Lipinski definition) is 2. The summed E-state index contributed by atoms with van der Waals surface area (Å²) in [7, 11) is 0. The lowest BCUT2D eigenvalue weighted by atomic mass is 10.5. The molecule has 0 aliphatic heterocycles. The molecule has 0 spiro atoms. The molecule has 0 unspecified atom stereocenters. The summed E-state index contributed by atoms with van der Waals surface area (Å²) in [6.45, 7) is 5.35. The highest BCUT2D eigenvalue weighted by atomic mass is 127. The van der Waals surface area contributed by atoms with Crippen molar-refractivity contribution in [2.75, 3.05) is 13.1 Å². The van der Waals surface area contributed by atoms with E-state index >= 15 is 0 Å². The quantitative estimate of drug-likeness (QED) is 0.458.